The fourth-order valence-corrected chi connectivity index (χ4v) is 4.08. The number of halogens is 1. The topological polar surface area (TPSA) is 81.2 Å². The third-order valence-electron chi connectivity index (χ3n) is 4.77. The highest BCUT2D eigenvalue weighted by Gasteiger charge is 2.22. The number of carbonyl (C=O) groups is 2. The van der Waals surface area contributed by atoms with Crippen LogP contribution in [0.25, 0.3) is 10.6 Å². The zero-order chi connectivity index (χ0) is 20.4. The van der Waals surface area contributed by atoms with Gasteiger partial charge in [-0.15, -0.1) is 11.3 Å². The molecule has 0 spiro atoms. The van der Waals surface area contributed by atoms with Gasteiger partial charge < -0.3 is 10.1 Å². The number of anilines is 1. The van der Waals surface area contributed by atoms with Crippen LogP contribution in [0.2, 0.25) is 0 Å². The predicted molar refractivity (Wildman–Crippen MR) is 108 cm³/mol. The summed E-state index contributed by atoms with van der Waals surface area (Å²) in [7, 11) is 1.29. The Balaban J connectivity index is 1.61. The van der Waals surface area contributed by atoms with Crippen LogP contribution in [0.3, 0.4) is 0 Å². The Bertz CT molecular complexity index is 1080. The number of pyridine rings is 1. The number of esters is 1. The molecule has 1 amide bonds. The standard InChI is InChI=1S/C21H18FN3O3S/c1-28-21(27)15-10-13-4-2-3-5-16(13)23-18(15)25-19(26)17-11-29-20(24-17)12-6-8-14(22)9-7-12/h6-11H,2-5H2,1H3,(H,23,25,26). The normalized spacial score (nSPS) is 12.9. The maximum absolute atomic E-state index is 13.1. The number of methoxy groups -OCH3 is 1. The lowest BCUT2D eigenvalue weighted by atomic mass is 9.94. The number of nitrogens with one attached hydrogen (secondary N) is 1. The van der Waals surface area contributed by atoms with E-state index >= 15 is 0 Å². The molecule has 1 aliphatic rings. The molecule has 0 saturated heterocycles. The Labute approximate surface area is 170 Å². The van der Waals surface area contributed by atoms with Gasteiger partial charge in [0.1, 0.15) is 27.9 Å². The first-order valence-electron chi connectivity index (χ1n) is 9.19. The van der Waals surface area contributed by atoms with Gasteiger partial charge >= 0.3 is 5.97 Å². The van der Waals surface area contributed by atoms with Crippen molar-refractivity contribution in [3.63, 3.8) is 0 Å². The van der Waals surface area contributed by atoms with Crippen LogP contribution >= 0.6 is 11.3 Å². The van der Waals surface area contributed by atoms with E-state index in [1.807, 2.05) is 0 Å². The molecule has 1 aromatic carbocycles. The van der Waals surface area contributed by atoms with E-state index in [-0.39, 0.29) is 22.9 Å². The van der Waals surface area contributed by atoms with Crippen molar-refractivity contribution in [1.82, 2.24) is 9.97 Å². The average Bonchev–Trinajstić information content (AvgIpc) is 3.23. The number of fused-ring (bicyclic) bond motifs is 1. The summed E-state index contributed by atoms with van der Waals surface area (Å²) in [5.41, 5.74) is 3.06. The van der Waals surface area contributed by atoms with Gasteiger partial charge in [0.05, 0.1) is 7.11 Å². The average molecular weight is 411 g/mol. The van der Waals surface area contributed by atoms with Crippen LogP contribution in [-0.2, 0) is 17.6 Å². The minimum absolute atomic E-state index is 0.179. The van der Waals surface area contributed by atoms with Crippen LogP contribution in [0.15, 0.2) is 35.7 Å². The largest absolute Gasteiger partial charge is 0.465 e. The zero-order valence-electron chi connectivity index (χ0n) is 15.7. The molecule has 2 heterocycles. The molecule has 0 unspecified atom stereocenters. The molecular formula is C21H18FN3O3S. The van der Waals surface area contributed by atoms with E-state index in [1.54, 1.807) is 23.6 Å². The summed E-state index contributed by atoms with van der Waals surface area (Å²) >= 11 is 1.28. The minimum Gasteiger partial charge on any atom is -0.465 e. The van der Waals surface area contributed by atoms with Crippen molar-refractivity contribution in [2.45, 2.75) is 25.7 Å². The first-order chi connectivity index (χ1) is 14.0. The molecule has 0 saturated carbocycles. The van der Waals surface area contributed by atoms with Gasteiger partial charge in [-0.3, -0.25) is 4.79 Å². The molecule has 1 N–H and O–H groups in total. The van der Waals surface area contributed by atoms with Crippen LogP contribution in [-0.4, -0.2) is 29.0 Å². The van der Waals surface area contributed by atoms with E-state index in [4.69, 9.17) is 4.74 Å². The Morgan fingerprint density at radius 2 is 1.90 bits per heavy atom. The first kappa shape index (κ1) is 19.2. The zero-order valence-corrected chi connectivity index (χ0v) is 16.5. The summed E-state index contributed by atoms with van der Waals surface area (Å²) in [6.45, 7) is 0. The molecule has 3 aromatic rings. The number of aryl methyl sites for hydroxylation is 2. The van der Waals surface area contributed by atoms with E-state index < -0.39 is 11.9 Å². The van der Waals surface area contributed by atoms with Gasteiger partial charge in [0.15, 0.2) is 0 Å². The second-order valence-electron chi connectivity index (χ2n) is 6.69. The van der Waals surface area contributed by atoms with Crippen molar-refractivity contribution in [3.05, 3.63) is 64.0 Å². The van der Waals surface area contributed by atoms with Gasteiger partial charge in [-0.2, -0.15) is 0 Å². The Kier molecular flexibility index (Phi) is 5.35. The van der Waals surface area contributed by atoms with Crippen molar-refractivity contribution < 1.29 is 18.7 Å². The van der Waals surface area contributed by atoms with Gasteiger partial charge in [-0.05, 0) is 61.6 Å². The SMILES string of the molecule is COC(=O)c1cc2c(nc1NC(=O)c1csc(-c3ccc(F)cc3)n1)CCCC2. The van der Waals surface area contributed by atoms with Crippen molar-refractivity contribution in [2.75, 3.05) is 12.4 Å². The van der Waals surface area contributed by atoms with Crippen LogP contribution in [0.1, 0.15) is 44.9 Å². The number of thiazole rings is 1. The number of aromatic nitrogens is 2. The molecule has 0 bridgehead atoms. The van der Waals surface area contributed by atoms with E-state index in [9.17, 15) is 14.0 Å². The molecule has 8 heteroatoms. The van der Waals surface area contributed by atoms with Crippen molar-refractivity contribution in [3.8, 4) is 10.6 Å². The molecule has 0 radical (unpaired) electrons. The van der Waals surface area contributed by atoms with E-state index in [0.717, 1.165) is 42.5 Å². The second-order valence-corrected chi connectivity index (χ2v) is 7.55. The molecule has 0 fully saturated rings. The molecule has 1 aliphatic carbocycles. The lowest BCUT2D eigenvalue weighted by Crippen LogP contribution is -2.19. The maximum atomic E-state index is 13.1. The van der Waals surface area contributed by atoms with E-state index in [2.05, 4.69) is 15.3 Å². The molecular weight excluding hydrogens is 393 g/mol. The van der Waals surface area contributed by atoms with Gasteiger partial charge in [0.2, 0.25) is 0 Å². The first-order valence-corrected chi connectivity index (χ1v) is 10.1. The molecule has 29 heavy (non-hydrogen) atoms. The number of ether oxygens (including phenoxy) is 1. The molecule has 6 nitrogen and oxygen atoms in total. The van der Waals surface area contributed by atoms with Gasteiger partial charge in [-0.1, -0.05) is 0 Å². The van der Waals surface area contributed by atoms with E-state index in [1.165, 1.54) is 30.6 Å². The molecule has 4 rings (SSSR count). The van der Waals surface area contributed by atoms with Gasteiger partial charge in [0.25, 0.3) is 5.91 Å². The number of hydrogen-bond acceptors (Lipinski definition) is 6. The predicted octanol–water partition coefficient (Wildman–Crippen LogP) is 4.26. The van der Waals surface area contributed by atoms with Gasteiger partial charge in [0, 0.05) is 16.6 Å². The highest BCUT2D eigenvalue weighted by molar-refractivity contribution is 7.13. The van der Waals surface area contributed by atoms with E-state index in [0.29, 0.717) is 5.01 Å². The number of carbonyl (C=O) groups excluding carboxylic acids is 2. The fourth-order valence-electron chi connectivity index (χ4n) is 3.27. The third-order valence-corrected chi connectivity index (χ3v) is 5.66. The molecule has 0 atom stereocenters. The highest BCUT2D eigenvalue weighted by atomic mass is 32.1. The monoisotopic (exact) mass is 411 g/mol. The summed E-state index contributed by atoms with van der Waals surface area (Å²) in [6.07, 6.45) is 3.74. The van der Waals surface area contributed by atoms with Crippen LogP contribution in [0, 0.1) is 5.82 Å². The Morgan fingerprint density at radius 3 is 2.66 bits per heavy atom. The minimum atomic E-state index is -0.550. The summed E-state index contributed by atoms with van der Waals surface area (Å²) in [5.74, 6) is -1.18. The van der Waals surface area contributed by atoms with Crippen LogP contribution in [0.5, 0.6) is 0 Å². The third kappa shape index (κ3) is 4.02. The Hall–Kier alpha value is -3.13. The summed E-state index contributed by atoms with van der Waals surface area (Å²) in [6, 6.07) is 7.66. The number of amides is 1. The lowest BCUT2D eigenvalue weighted by Gasteiger charge is -2.18. The van der Waals surface area contributed by atoms with Crippen molar-refractivity contribution >= 4 is 29.0 Å². The van der Waals surface area contributed by atoms with Gasteiger partial charge in [-0.25, -0.2) is 19.2 Å². The van der Waals surface area contributed by atoms with Crippen molar-refractivity contribution in [2.24, 2.45) is 0 Å². The maximum Gasteiger partial charge on any atom is 0.341 e. The van der Waals surface area contributed by atoms with Crippen molar-refractivity contribution in [1.29, 1.82) is 0 Å². The molecule has 2 aromatic heterocycles. The van der Waals surface area contributed by atoms with Crippen LogP contribution in [0.4, 0.5) is 10.2 Å². The van der Waals surface area contributed by atoms with Crippen LogP contribution < -0.4 is 5.32 Å². The quantitative estimate of drug-likeness (QED) is 0.649. The number of hydrogen-bond donors (Lipinski definition) is 1. The Morgan fingerprint density at radius 1 is 1.14 bits per heavy atom. The summed E-state index contributed by atoms with van der Waals surface area (Å²) in [4.78, 5) is 33.8. The second kappa shape index (κ2) is 8.08. The number of benzene rings is 1. The lowest BCUT2D eigenvalue weighted by molar-refractivity contribution is 0.0601. The summed E-state index contributed by atoms with van der Waals surface area (Å²) < 4.78 is 18.0. The summed E-state index contributed by atoms with van der Waals surface area (Å²) in [5, 5.41) is 4.91. The smallest absolute Gasteiger partial charge is 0.341 e. The fraction of sp³-hybridized carbons (Fsp3) is 0.238. The highest BCUT2D eigenvalue weighted by Crippen LogP contribution is 2.27. The number of rotatable bonds is 4. The molecule has 0 aliphatic heterocycles. The molecule has 148 valence electrons. The number of nitrogens with zero attached hydrogens (tertiary/aromatic N) is 2.